The van der Waals surface area contributed by atoms with Crippen molar-refractivity contribution < 1.29 is 19.4 Å². The van der Waals surface area contributed by atoms with Gasteiger partial charge in [-0.1, -0.05) is 72.0 Å². The smallest absolute Gasteiger partial charge is 0.323 e. The van der Waals surface area contributed by atoms with E-state index in [1.807, 2.05) is 55.5 Å². The Morgan fingerprint density at radius 3 is 2.63 bits per heavy atom. The minimum absolute atomic E-state index is 0.242. The molecule has 0 aliphatic carbocycles. The Balaban J connectivity index is 1.78. The largest absolute Gasteiger partial charge is 0.488 e. The topological polar surface area (TPSA) is 66.8 Å². The second kappa shape index (κ2) is 8.37. The predicted molar refractivity (Wildman–Crippen MR) is 109 cm³/mol. The first kappa shape index (κ1) is 19.1. The molecule has 0 unspecified atom stereocenters. The number of carboxylic acids is 1. The van der Waals surface area contributed by atoms with Crippen molar-refractivity contribution in [3.05, 3.63) is 70.1 Å². The van der Waals surface area contributed by atoms with E-state index < -0.39 is 18.4 Å². The zero-order valence-corrected chi connectivity index (χ0v) is 16.2. The van der Waals surface area contributed by atoms with Crippen LogP contribution < -0.4 is 4.74 Å². The van der Waals surface area contributed by atoms with Gasteiger partial charge in [0.1, 0.15) is 23.2 Å². The van der Waals surface area contributed by atoms with Gasteiger partial charge < -0.3 is 9.84 Å². The fraction of sp³-hybridized carbons (Fsp3) is 0.150. The van der Waals surface area contributed by atoms with Crippen molar-refractivity contribution in [2.24, 2.45) is 0 Å². The fourth-order valence-corrected chi connectivity index (χ4v) is 3.74. The van der Waals surface area contributed by atoms with Crippen molar-refractivity contribution in [2.75, 3.05) is 6.54 Å². The van der Waals surface area contributed by atoms with Crippen LogP contribution in [-0.2, 0) is 16.2 Å². The van der Waals surface area contributed by atoms with Crippen LogP contribution in [0.2, 0.25) is 0 Å². The summed E-state index contributed by atoms with van der Waals surface area (Å²) in [7, 11) is 0. The molecule has 0 saturated carbocycles. The maximum Gasteiger partial charge on any atom is 0.323 e. The van der Waals surface area contributed by atoms with Gasteiger partial charge in [0.2, 0.25) is 0 Å². The molecule has 2 aromatic rings. The van der Waals surface area contributed by atoms with Crippen LogP contribution in [0.25, 0.3) is 6.08 Å². The van der Waals surface area contributed by atoms with Crippen LogP contribution >= 0.6 is 24.0 Å². The van der Waals surface area contributed by atoms with E-state index in [0.717, 1.165) is 27.8 Å². The van der Waals surface area contributed by atoms with Crippen LogP contribution in [0.3, 0.4) is 0 Å². The van der Waals surface area contributed by atoms with Crippen molar-refractivity contribution in [1.82, 2.24) is 4.90 Å². The Bertz CT molecular complexity index is 922. The molecule has 27 heavy (non-hydrogen) atoms. The van der Waals surface area contributed by atoms with E-state index in [-0.39, 0.29) is 4.32 Å². The highest BCUT2D eigenvalue weighted by Crippen LogP contribution is 2.34. The van der Waals surface area contributed by atoms with E-state index in [1.54, 1.807) is 6.08 Å². The number of ether oxygens (including phenoxy) is 1. The number of carboxylic acid groups (broad SMARTS) is 1. The van der Waals surface area contributed by atoms with Crippen LogP contribution in [0.5, 0.6) is 5.75 Å². The van der Waals surface area contributed by atoms with Gasteiger partial charge in [-0.15, -0.1) is 0 Å². The second-order valence-corrected chi connectivity index (χ2v) is 7.65. The number of thiocarbonyl (C=S) groups is 1. The molecule has 1 aliphatic heterocycles. The first-order chi connectivity index (χ1) is 12.9. The average Bonchev–Trinajstić information content (AvgIpc) is 2.89. The summed E-state index contributed by atoms with van der Waals surface area (Å²) in [5, 5.41) is 8.92. The molecule has 0 bridgehead atoms. The monoisotopic (exact) mass is 399 g/mol. The third kappa shape index (κ3) is 4.75. The molecular formula is C20H17NO4S2. The van der Waals surface area contributed by atoms with Crippen LogP contribution in [0.4, 0.5) is 0 Å². The zero-order valence-electron chi connectivity index (χ0n) is 14.5. The maximum atomic E-state index is 12.4. The van der Waals surface area contributed by atoms with Crippen molar-refractivity contribution in [3.63, 3.8) is 0 Å². The van der Waals surface area contributed by atoms with Gasteiger partial charge >= 0.3 is 5.97 Å². The van der Waals surface area contributed by atoms with Crippen LogP contribution in [0.1, 0.15) is 16.7 Å². The summed E-state index contributed by atoms with van der Waals surface area (Å²) in [6.45, 7) is 2.00. The molecular weight excluding hydrogens is 382 g/mol. The zero-order chi connectivity index (χ0) is 19.4. The lowest BCUT2D eigenvalue weighted by molar-refractivity contribution is -0.140. The normalized spacial score (nSPS) is 15.4. The van der Waals surface area contributed by atoms with Gasteiger partial charge in [0.15, 0.2) is 0 Å². The first-order valence-corrected chi connectivity index (χ1v) is 9.41. The summed E-state index contributed by atoms with van der Waals surface area (Å²) < 4.78 is 6.16. The highest BCUT2D eigenvalue weighted by atomic mass is 32.2. The summed E-state index contributed by atoms with van der Waals surface area (Å²) in [6, 6.07) is 15.5. The molecule has 1 N–H and O–H groups in total. The van der Waals surface area contributed by atoms with Crippen molar-refractivity contribution in [3.8, 4) is 5.75 Å². The van der Waals surface area contributed by atoms with E-state index in [0.29, 0.717) is 17.3 Å². The number of para-hydroxylation sites is 1. The third-order valence-electron chi connectivity index (χ3n) is 3.89. The van der Waals surface area contributed by atoms with Gasteiger partial charge in [0.05, 0.1) is 4.91 Å². The van der Waals surface area contributed by atoms with Gasteiger partial charge in [-0.25, -0.2) is 0 Å². The van der Waals surface area contributed by atoms with Crippen LogP contribution in [0, 0.1) is 6.92 Å². The van der Waals surface area contributed by atoms with E-state index >= 15 is 0 Å². The van der Waals surface area contributed by atoms with Crippen molar-refractivity contribution in [1.29, 1.82) is 0 Å². The summed E-state index contributed by atoms with van der Waals surface area (Å²) in [4.78, 5) is 24.8. The molecule has 5 nitrogen and oxygen atoms in total. The van der Waals surface area contributed by atoms with E-state index in [1.165, 1.54) is 5.56 Å². The molecule has 138 valence electrons. The molecule has 1 saturated heterocycles. The standard InChI is InChI=1S/C20H17NO4S2/c1-13-6-8-14(9-7-13)12-25-16-5-3-2-4-15(16)10-17-19(24)21(11-18(22)23)20(26)27-17/h2-10H,11-12H2,1H3,(H,22,23)/b17-10-. The Kier molecular flexibility index (Phi) is 5.93. The van der Waals surface area contributed by atoms with Gasteiger partial charge in [0, 0.05) is 5.56 Å². The highest BCUT2D eigenvalue weighted by Gasteiger charge is 2.33. The Morgan fingerprint density at radius 2 is 1.93 bits per heavy atom. The second-order valence-electron chi connectivity index (χ2n) is 5.97. The Hall–Kier alpha value is -2.64. The number of aryl methyl sites for hydroxylation is 1. The number of hydrogen-bond acceptors (Lipinski definition) is 5. The molecule has 1 fully saturated rings. The maximum absolute atomic E-state index is 12.4. The predicted octanol–water partition coefficient (Wildman–Crippen LogP) is 3.86. The minimum atomic E-state index is -1.10. The quantitative estimate of drug-likeness (QED) is 0.588. The van der Waals surface area contributed by atoms with Gasteiger partial charge in [-0.05, 0) is 24.6 Å². The molecule has 1 amide bonds. The molecule has 0 radical (unpaired) electrons. The third-order valence-corrected chi connectivity index (χ3v) is 5.27. The first-order valence-electron chi connectivity index (χ1n) is 8.18. The van der Waals surface area contributed by atoms with Gasteiger partial charge in [-0.3, -0.25) is 14.5 Å². The molecule has 3 rings (SSSR count). The summed E-state index contributed by atoms with van der Waals surface area (Å²) in [6.07, 6.45) is 1.69. The highest BCUT2D eigenvalue weighted by molar-refractivity contribution is 8.26. The molecule has 2 aromatic carbocycles. The summed E-state index contributed by atoms with van der Waals surface area (Å²) in [5.74, 6) is -0.864. The molecule has 1 aliphatic rings. The molecule has 0 atom stereocenters. The minimum Gasteiger partial charge on any atom is -0.488 e. The number of thioether (sulfide) groups is 1. The van der Waals surface area contributed by atoms with E-state index in [9.17, 15) is 9.59 Å². The van der Waals surface area contributed by atoms with Gasteiger partial charge in [0.25, 0.3) is 5.91 Å². The molecule has 1 heterocycles. The number of carbonyl (C=O) groups is 2. The van der Waals surface area contributed by atoms with Crippen molar-refractivity contribution >= 4 is 46.3 Å². The van der Waals surface area contributed by atoms with E-state index in [4.69, 9.17) is 22.1 Å². The number of nitrogens with zero attached hydrogens (tertiary/aromatic N) is 1. The number of carbonyl (C=O) groups excluding carboxylic acids is 1. The SMILES string of the molecule is Cc1ccc(COc2ccccc2/C=C2\SC(=S)N(CC(=O)O)C2=O)cc1. The number of benzene rings is 2. The van der Waals surface area contributed by atoms with Crippen LogP contribution in [0.15, 0.2) is 53.4 Å². The molecule has 0 aromatic heterocycles. The lowest BCUT2D eigenvalue weighted by Gasteiger charge is -2.11. The average molecular weight is 399 g/mol. The van der Waals surface area contributed by atoms with Crippen molar-refractivity contribution in [2.45, 2.75) is 13.5 Å². The molecule has 0 spiro atoms. The van der Waals surface area contributed by atoms with E-state index in [2.05, 4.69) is 0 Å². The fourth-order valence-electron chi connectivity index (χ4n) is 2.49. The number of rotatable bonds is 6. The number of amides is 1. The summed E-state index contributed by atoms with van der Waals surface area (Å²) in [5.41, 5.74) is 2.96. The van der Waals surface area contributed by atoms with Crippen LogP contribution in [-0.4, -0.2) is 32.7 Å². The Morgan fingerprint density at radius 1 is 1.22 bits per heavy atom. The molecule has 7 heteroatoms. The number of aliphatic carboxylic acids is 1. The lowest BCUT2D eigenvalue weighted by Crippen LogP contribution is -2.33. The number of hydrogen-bond donors (Lipinski definition) is 1. The lowest BCUT2D eigenvalue weighted by atomic mass is 10.1. The summed E-state index contributed by atoms with van der Waals surface area (Å²) >= 11 is 6.21. The van der Waals surface area contributed by atoms with Gasteiger partial charge in [-0.2, -0.15) is 0 Å². The Labute approximate surface area is 166 Å².